The van der Waals surface area contributed by atoms with Crippen LogP contribution in [0.4, 0.5) is 4.79 Å². The highest BCUT2D eigenvalue weighted by Crippen LogP contribution is 2.27. The number of rotatable bonds is 16. The molecule has 3 atom stereocenters. The zero-order valence-electron chi connectivity index (χ0n) is 25.8. The molecule has 2 aromatic rings. The van der Waals surface area contributed by atoms with E-state index in [0.29, 0.717) is 38.4 Å². The molecule has 3 N–H and O–H groups in total. The first-order valence-corrected chi connectivity index (χ1v) is 15.2. The van der Waals surface area contributed by atoms with Crippen LogP contribution in [0.25, 0.3) is 0 Å². The number of amides is 1. The van der Waals surface area contributed by atoms with Gasteiger partial charge in [0.05, 0.1) is 12.7 Å². The normalized spacial score (nSPS) is 15.0. The summed E-state index contributed by atoms with van der Waals surface area (Å²) in [7, 11) is 0. The Morgan fingerprint density at radius 2 is 1.50 bits per heavy atom. The summed E-state index contributed by atoms with van der Waals surface area (Å²) in [6.45, 7) is 8.55. The van der Waals surface area contributed by atoms with Gasteiger partial charge in [0.1, 0.15) is 18.2 Å². The quantitative estimate of drug-likeness (QED) is 0.202. The largest absolute Gasteiger partial charge is 0.459 e. The fraction of sp³-hybridized carbons (Fsp3) is 0.588. The predicted octanol–water partition coefficient (Wildman–Crippen LogP) is 6.18. The van der Waals surface area contributed by atoms with E-state index in [1.54, 1.807) is 20.8 Å². The van der Waals surface area contributed by atoms with Gasteiger partial charge in [0, 0.05) is 13.2 Å². The molecule has 0 saturated heterocycles. The second kappa shape index (κ2) is 19.3. The molecule has 3 rings (SSSR count). The van der Waals surface area contributed by atoms with E-state index in [1.807, 2.05) is 67.6 Å². The predicted molar refractivity (Wildman–Crippen MR) is 164 cm³/mol. The van der Waals surface area contributed by atoms with Crippen LogP contribution in [-0.2, 0) is 32.2 Å². The number of alkyl carbamates (subject to hydrolysis) is 1. The van der Waals surface area contributed by atoms with Crippen molar-refractivity contribution in [2.45, 2.75) is 104 Å². The Morgan fingerprint density at radius 1 is 0.905 bits per heavy atom. The van der Waals surface area contributed by atoms with E-state index in [2.05, 4.69) is 5.32 Å². The highest BCUT2D eigenvalue weighted by Gasteiger charge is 2.26. The molecule has 0 radical (unpaired) electrons. The average molecular weight is 586 g/mol. The van der Waals surface area contributed by atoms with Crippen molar-refractivity contribution in [1.82, 2.24) is 5.32 Å². The SMILES string of the molecule is CC(CC(CCO)CCCC(NC(=O)OC(C)(C)C)C(=O)OCc1ccccc1)OCc1ccccc1.OCC1CC1. The van der Waals surface area contributed by atoms with Gasteiger partial charge in [-0.3, -0.25) is 0 Å². The second-order valence-electron chi connectivity index (χ2n) is 12.1. The van der Waals surface area contributed by atoms with Gasteiger partial charge in [0.25, 0.3) is 0 Å². The maximum atomic E-state index is 12.9. The lowest BCUT2D eigenvalue weighted by Gasteiger charge is -2.24. The molecule has 1 aliphatic carbocycles. The molecule has 0 bridgehead atoms. The molecule has 8 heteroatoms. The van der Waals surface area contributed by atoms with Crippen LogP contribution >= 0.6 is 0 Å². The number of aliphatic hydroxyl groups is 2. The van der Waals surface area contributed by atoms with Crippen molar-refractivity contribution < 1.29 is 34.0 Å². The van der Waals surface area contributed by atoms with Gasteiger partial charge in [-0.05, 0) is 82.8 Å². The number of hydrogen-bond donors (Lipinski definition) is 3. The molecule has 2 aromatic carbocycles. The number of ether oxygens (including phenoxy) is 3. The molecule has 0 heterocycles. The zero-order chi connectivity index (χ0) is 30.8. The van der Waals surface area contributed by atoms with Crippen molar-refractivity contribution >= 4 is 12.1 Å². The number of aliphatic hydroxyl groups excluding tert-OH is 2. The van der Waals surface area contributed by atoms with Crippen molar-refractivity contribution in [2.75, 3.05) is 13.2 Å². The van der Waals surface area contributed by atoms with E-state index >= 15 is 0 Å². The van der Waals surface area contributed by atoms with Crippen molar-refractivity contribution in [2.24, 2.45) is 11.8 Å². The Bertz CT molecular complexity index is 1010. The first kappa shape index (κ1) is 35.3. The van der Waals surface area contributed by atoms with Gasteiger partial charge in [-0.1, -0.05) is 73.5 Å². The lowest BCUT2D eigenvalue weighted by molar-refractivity contribution is -0.147. The molecule has 1 amide bonds. The Labute approximate surface area is 251 Å². The molecule has 1 fully saturated rings. The molecule has 0 aliphatic heterocycles. The lowest BCUT2D eigenvalue weighted by Crippen LogP contribution is -2.44. The van der Waals surface area contributed by atoms with Crippen LogP contribution in [0.1, 0.15) is 83.8 Å². The maximum Gasteiger partial charge on any atom is 0.408 e. The fourth-order valence-corrected chi connectivity index (χ4v) is 4.35. The second-order valence-corrected chi connectivity index (χ2v) is 12.1. The highest BCUT2D eigenvalue weighted by atomic mass is 16.6. The Morgan fingerprint density at radius 3 is 2.00 bits per heavy atom. The van der Waals surface area contributed by atoms with Crippen molar-refractivity contribution in [1.29, 1.82) is 0 Å². The highest BCUT2D eigenvalue weighted by molar-refractivity contribution is 5.81. The van der Waals surface area contributed by atoms with Gasteiger partial charge < -0.3 is 29.7 Å². The zero-order valence-corrected chi connectivity index (χ0v) is 25.8. The summed E-state index contributed by atoms with van der Waals surface area (Å²) in [5.41, 5.74) is 1.32. The number of hydrogen-bond acceptors (Lipinski definition) is 7. The molecule has 1 aliphatic rings. The summed E-state index contributed by atoms with van der Waals surface area (Å²) in [6, 6.07) is 18.6. The van der Waals surface area contributed by atoms with E-state index in [4.69, 9.17) is 19.3 Å². The van der Waals surface area contributed by atoms with Crippen LogP contribution in [0.5, 0.6) is 0 Å². The van der Waals surface area contributed by atoms with Crippen molar-refractivity contribution in [3.05, 3.63) is 71.8 Å². The third kappa shape index (κ3) is 16.5. The van der Waals surface area contributed by atoms with Crippen LogP contribution in [0.2, 0.25) is 0 Å². The molecular weight excluding hydrogens is 534 g/mol. The number of carbonyl (C=O) groups is 2. The molecule has 3 unspecified atom stereocenters. The van der Waals surface area contributed by atoms with Crippen LogP contribution < -0.4 is 5.32 Å². The van der Waals surface area contributed by atoms with Gasteiger partial charge >= 0.3 is 12.1 Å². The average Bonchev–Trinajstić information content (AvgIpc) is 3.80. The summed E-state index contributed by atoms with van der Waals surface area (Å²) < 4.78 is 16.9. The maximum absolute atomic E-state index is 12.9. The lowest BCUT2D eigenvalue weighted by atomic mass is 9.92. The smallest absolute Gasteiger partial charge is 0.408 e. The number of esters is 1. The minimum Gasteiger partial charge on any atom is -0.459 e. The Kier molecular flexibility index (Phi) is 16.2. The van der Waals surface area contributed by atoms with Gasteiger partial charge in [-0.15, -0.1) is 0 Å². The van der Waals surface area contributed by atoms with Gasteiger partial charge in [0.2, 0.25) is 0 Å². The molecule has 8 nitrogen and oxygen atoms in total. The topological polar surface area (TPSA) is 114 Å². The summed E-state index contributed by atoms with van der Waals surface area (Å²) in [5, 5.41) is 20.5. The first-order chi connectivity index (χ1) is 20.1. The standard InChI is InChI=1S/C30H43NO6.C4H8O/c1-23(35-21-25-12-7-5-8-13-25)20-24(18-19-32)16-11-17-27(31-29(34)37-30(2,3)4)28(33)36-22-26-14-9-6-10-15-26;5-3-4-1-2-4/h5-10,12-15,23-24,27,32H,11,16-22H2,1-4H3,(H,31,34);4-5H,1-3H2. The van der Waals surface area contributed by atoms with Crippen LogP contribution in [0.15, 0.2) is 60.7 Å². The minimum absolute atomic E-state index is 0.0308. The van der Waals surface area contributed by atoms with Crippen LogP contribution in [-0.4, -0.2) is 53.2 Å². The molecule has 42 heavy (non-hydrogen) atoms. The third-order valence-corrected chi connectivity index (χ3v) is 6.84. The molecule has 0 aromatic heterocycles. The summed E-state index contributed by atoms with van der Waals surface area (Å²) in [6.07, 6.45) is 5.24. The summed E-state index contributed by atoms with van der Waals surface area (Å²) in [4.78, 5) is 25.3. The van der Waals surface area contributed by atoms with Crippen LogP contribution in [0.3, 0.4) is 0 Å². The number of benzene rings is 2. The fourth-order valence-electron chi connectivity index (χ4n) is 4.35. The summed E-state index contributed by atoms with van der Waals surface area (Å²) in [5.74, 6) is 0.432. The van der Waals surface area contributed by atoms with E-state index in [9.17, 15) is 14.7 Å². The third-order valence-electron chi connectivity index (χ3n) is 6.84. The number of nitrogens with one attached hydrogen (secondary N) is 1. The van der Waals surface area contributed by atoms with E-state index in [1.165, 1.54) is 12.8 Å². The van der Waals surface area contributed by atoms with Crippen molar-refractivity contribution in [3.8, 4) is 0 Å². The van der Waals surface area contributed by atoms with E-state index < -0.39 is 23.7 Å². The first-order valence-electron chi connectivity index (χ1n) is 15.2. The monoisotopic (exact) mass is 585 g/mol. The molecular formula is C34H51NO7. The van der Waals surface area contributed by atoms with Gasteiger partial charge in [-0.2, -0.15) is 0 Å². The van der Waals surface area contributed by atoms with Crippen LogP contribution in [0, 0.1) is 11.8 Å². The van der Waals surface area contributed by atoms with Gasteiger partial charge in [-0.25, -0.2) is 9.59 Å². The van der Waals surface area contributed by atoms with E-state index in [0.717, 1.165) is 24.0 Å². The molecule has 234 valence electrons. The van der Waals surface area contributed by atoms with Gasteiger partial charge in [0.15, 0.2) is 0 Å². The Balaban J connectivity index is 0.00000111. The molecule has 1 saturated carbocycles. The molecule has 0 spiro atoms. The van der Waals surface area contributed by atoms with E-state index in [-0.39, 0.29) is 25.2 Å². The Hall–Kier alpha value is -2.94. The summed E-state index contributed by atoms with van der Waals surface area (Å²) >= 11 is 0. The van der Waals surface area contributed by atoms with Crippen molar-refractivity contribution in [3.63, 3.8) is 0 Å². The minimum atomic E-state index is -0.819. The number of carbonyl (C=O) groups excluding carboxylic acids is 2.